The van der Waals surface area contributed by atoms with Crippen LogP contribution in [0.1, 0.15) is 64.4 Å². The van der Waals surface area contributed by atoms with E-state index in [0.29, 0.717) is 18.7 Å². The van der Waals surface area contributed by atoms with Gasteiger partial charge in [0.2, 0.25) is 17.7 Å². The van der Waals surface area contributed by atoms with Crippen molar-refractivity contribution in [3.63, 3.8) is 0 Å². The fraction of sp³-hybridized carbons (Fsp3) is 0.581. The van der Waals surface area contributed by atoms with Gasteiger partial charge in [-0.05, 0) is 50.1 Å². The molecule has 0 aromatic heterocycles. The lowest BCUT2D eigenvalue weighted by Crippen LogP contribution is -2.56. The molecule has 1 saturated heterocycles. The number of amides is 4. The van der Waals surface area contributed by atoms with E-state index < -0.39 is 66.4 Å². The van der Waals surface area contributed by atoms with Crippen LogP contribution in [0.2, 0.25) is 0 Å². The quantitative estimate of drug-likeness (QED) is 0.0954. The highest BCUT2D eigenvalue weighted by Gasteiger charge is 2.32. The van der Waals surface area contributed by atoms with Crippen LogP contribution in [-0.4, -0.2) is 106 Å². The number of likely N-dealkylation sites (tertiary alicyclic amines) is 1. The minimum Gasteiger partial charge on any atom is -0.481 e. The van der Waals surface area contributed by atoms with Gasteiger partial charge in [0.25, 0.3) is 0 Å². The maximum Gasteiger partial charge on any atom is 0.408 e. The van der Waals surface area contributed by atoms with Crippen molar-refractivity contribution in [3.05, 3.63) is 35.9 Å². The van der Waals surface area contributed by atoms with Gasteiger partial charge >= 0.3 is 24.0 Å². The SMILES string of the molecule is CC(C)C[C@H](NC(=O)[C@H](CC(=O)O)NC(=O)[C@H](CC(=O)N1CCCC1)NCCC[C@@H](NC(=O)OCc1ccccc1)C(=O)O)C(=O)O. The van der Waals surface area contributed by atoms with Gasteiger partial charge in [-0.3, -0.25) is 19.2 Å². The van der Waals surface area contributed by atoms with Gasteiger partial charge in [-0.25, -0.2) is 14.4 Å². The standard InChI is InChI=1S/C31H45N5O11/c1-19(2)15-24(30(44)45)34-28(41)23(17-26(38)39)33-27(40)22(16-25(37)36-13-6-7-14-36)32-12-8-11-21(29(42)43)35-31(46)47-18-20-9-4-3-5-10-20/h3-5,9-10,19,21-24,32H,6-8,11-18H2,1-2H3,(H,33,40)(H,34,41)(H,35,46)(H,38,39)(H,42,43)(H,44,45)/t21-,22+,23+,24+/m1/s1. The van der Waals surface area contributed by atoms with E-state index in [1.165, 1.54) is 0 Å². The molecule has 1 aromatic carbocycles. The summed E-state index contributed by atoms with van der Waals surface area (Å²) >= 11 is 0. The third kappa shape index (κ3) is 14.5. The summed E-state index contributed by atoms with van der Waals surface area (Å²) in [6, 6.07) is 3.32. The summed E-state index contributed by atoms with van der Waals surface area (Å²) in [5, 5.41) is 38.2. The normalized spacial score (nSPS) is 15.2. The van der Waals surface area contributed by atoms with Gasteiger partial charge in [0, 0.05) is 13.1 Å². The summed E-state index contributed by atoms with van der Waals surface area (Å²) in [5.74, 6) is -6.37. The number of hydrogen-bond donors (Lipinski definition) is 7. The molecule has 1 aromatic rings. The largest absolute Gasteiger partial charge is 0.481 e. The molecule has 260 valence electrons. The van der Waals surface area contributed by atoms with Crippen LogP contribution in [0, 0.1) is 5.92 Å². The lowest BCUT2D eigenvalue weighted by Gasteiger charge is -2.25. The van der Waals surface area contributed by atoms with Gasteiger partial charge in [-0.1, -0.05) is 44.2 Å². The summed E-state index contributed by atoms with van der Waals surface area (Å²) in [6.07, 6.45) is -0.357. The molecular formula is C31H45N5O11. The van der Waals surface area contributed by atoms with Crippen molar-refractivity contribution in [2.45, 2.75) is 89.6 Å². The average Bonchev–Trinajstić information content (AvgIpc) is 3.55. The first kappa shape index (κ1) is 38.5. The fourth-order valence-electron chi connectivity index (χ4n) is 4.90. The third-order valence-corrected chi connectivity index (χ3v) is 7.35. The summed E-state index contributed by atoms with van der Waals surface area (Å²) in [6.45, 7) is 4.47. The molecule has 4 amide bonds. The van der Waals surface area contributed by atoms with Crippen LogP contribution in [0.4, 0.5) is 4.79 Å². The second-order valence-electron chi connectivity index (χ2n) is 11.7. The molecule has 1 heterocycles. The predicted molar refractivity (Wildman–Crippen MR) is 166 cm³/mol. The van der Waals surface area contributed by atoms with Crippen molar-refractivity contribution in [3.8, 4) is 0 Å². The number of carbonyl (C=O) groups is 7. The Hall–Kier alpha value is -4.73. The molecule has 1 fully saturated rings. The Morgan fingerprint density at radius 3 is 1.96 bits per heavy atom. The Bertz CT molecular complexity index is 1240. The number of alkyl carbamates (subject to hydrolysis) is 1. The van der Waals surface area contributed by atoms with Crippen molar-refractivity contribution < 1.29 is 53.6 Å². The number of carboxylic acids is 3. The molecule has 0 radical (unpaired) electrons. The Morgan fingerprint density at radius 1 is 0.787 bits per heavy atom. The first-order valence-corrected chi connectivity index (χ1v) is 15.5. The molecule has 7 N–H and O–H groups in total. The molecular weight excluding hydrogens is 618 g/mol. The Balaban J connectivity index is 2.05. The maximum atomic E-state index is 13.4. The molecule has 1 aliphatic rings. The summed E-state index contributed by atoms with van der Waals surface area (Å²) in [5.41, 5.74) is 0.715. The van der Waals surface area contributed by atoms with Crippen LogP contribution < -0.4 is 21.3 Å². The van der Waals surface area contributed by atoms with E-state index in [4.69, 9.17) is 4.74 Å². The number of benzene rings is 1. The lowest BCUT2D eigenvalue weighted by atomic mass is 10.0. The molecule has 47 heavy (non-hydrogen) atoms. The van der Waals surface area contributed by atoms with Crippen LogP contribution in [0.5, 0.6) is 0 Å². The predicted octanol–water partition coefficient (Wildman–Crippen LogP) is 0.692. The number of carboxylic acid groups (broad SMARTS) is 3. The number of carbonyl (C=O) groups excluding carboxylic acids is 4. The van der Waals surface area contributed by atoms with Crippen molar-refractivity contribution in [2.24, 2.45) is 5.92 Å². The van der Waals surface area contributed by atoms with Crippen LogP contribution in [0.25, 0.3) is 0 Å². The van der Waals surface area contributed by atoms with E-state index in [-0.39, 0.29) is 50.7 Å². The number of rotatable bonds is 20. The van der Waals surface area contributed by atoms with Crippen LogP contribution in [0.3, 0.4) is 0 Å². The number of nitrogens with zero attached hydrogens (tertiary/aromatic N) is 1. The number of ether oxygens (including phenoxy) is 1. The smallest absolute Gasteiger partial charge is 0.408 e. The Morgan fingerprint density at radius 2 is 1.38 bits per heavy atom. The first-order chi connectivity index (χ1) is 22.3. The Kier molecular flexibility index (Phi) is 16.1. The van der Waals surface area contributed by atoms with E-state index in [1.54, 1.807) is 49.1 Å². The van der Waals surface area contributed by atoms with Crippen LogP contribution in [-0.2, 0) is 40.1 Å². The molecule has 16 nitrogen and oxygen atoms in total. The zero-order valence-corrected chi connectivity index (χ0v) is 26.6. The number of nitrogens with one attached hydrogen (secondary N) is 4. The van der Waals surface area contributed by atoms with Gasteiger partial charge in [0.15, 0.2) is 0 Å². The van der Waals surface area contributed by atoms with Crippen LogP contribution in [0.15, 0.2) is 30.3 Å². The molecule has 0 spiro atoms. The van der Waals surface area contributed by atoms with E-state index >= 15 is 0 Å². The number of aliphatic carboxylic acids is 3. The van der Waals surface area contributed by atoms with Crippen molar-refractivity contribution in [1.82, 2.24) is 26.2 Å². The fourth-order valence-corrected chi connectivity index (χ4v) is 4.90. The average molecular weight is 664 g/mol. The summed E-state index contributed by atoms with van der Waals surface area (Å²) in [7, 11) is 0. The highest BCUT2D eigenvalue weighted by atomic mass is 16.5. The molecule has 0 aliphatic carbocycles. The summed E-state index contributed by atoms with van der Waals surface area (Å²) < 4.78 is 5.09. The van der Waals surface area contributed by atoms with E-state index in [2.05, 4.69) is 21.3 Å². The highest BCUT2D eigenvalue weighted by molar-refractivity contribution is 5.95. The third-order valence-electron chi connectivity index (χ3n) is 7.35. The van der Waals surface area contributed by atoms with Gasteiger partial charge in [0.1, 0.15) is 24.7 Å². The maximum absolute atomic E-state index is 13.4. The van der Waals surface area contributed by atoms with E-state index in [9.17, 15) is 48.9 Å². The zero-order valence-electron chi connectivity index (χ0n) is 26.6. The van der Waals surface area contributed by atoms with Gasteiger partial charge in [0.05, 0.1) is 18.9 Å². The zero-order chi connectivity index (χ0) is 34.9. The van der Waals surface area contributed by atoms with E-state index in [1.807, 2.05) is 0 Å². The first-order valence-electron chi connectivity index (χ1n) is 15.5. The van der Waals surface area contributed by atoms with Crippen molar-refractivity contribution in [2.75, 3.05) is 19.6 Å². The minimum absolute atomic E-state index is 0.0150. The minimum atomic E-state index is -1.64. The molecule has 4 atom stereocenters. The molecule has 2 rings (SSSR count). The topological polar surface area (TPSA) is 241 Å². The molecule has 0 saturated carbocycles. The Labute approximate surface area is 272 Å². The van der Waals surface area contributed by atoms with Crippen molar-refractivity contribution in [1.29, 1.82) is 0 Å². The molecule has 16 heteroatoms. The second-order valence-corrected chi connectivity index (χ2v) is 11.7. The monoisotopic (exact) mass is 663 g/mol. The van der Waals surface area contributed by atoms with Gasteiger partial charge in [-0.2, -0.15) is 0 Å². The molecule has 0 bridgehead atoms. The molecule has 1 aliphatic heterocycles. The molecule has 0 unspecified atom stereocenters. The van der Waals surface area contributed by atoms with Crippen molar-refractivity contribution >= 4 is 41.7 Å². The summed E-state index contributed by atoms with van der Waals surface area (Å²) in [4.78, 5) is 87.9. The van der Waals surface area contributed by atoms with E-state index in [0.717, 1.165) is 12.8 Å². The van der Waals surface area contributed by atoms with Gasteiger partial charge in [-0.15, -0.1) is 0 Å². The number of hydrogen-bond acceptors (Lipinski definition) is 9. The van der Waals surface area contributed by atoms with Gasteiger partial charge < -0.3 is 46.2 Å². The van der Waals surface area contributed by atoms with Crippen LogP contribution >= 0.6 is 0 Å². The highest BCUT2D eigenvalue weighted by Crippen LogP contribution is 2.12. The second kappa shape index (κ2) is 19.7. The lowest BCUT2D eigenvalue weighted by molar-refractivity contribution is -0.144.